The molecule has 0 aliphatic carbocycles. The summed E-state index contributed by atoms with van der Waals surface area (Å²) >= 11 is 0. The highest BCUT2D eigenvalue weighted by Crippen LogP contribution is 2.08. The highest BCUT2D eigenvalue weighted by atomic mass is 16.2. The van der Waals surface area contributed by atoms with Crippen LogP contribution < -0.4 is 5.73 Å². The first-order valence-corrected chi connectivity index (χ1v) is 3.80. The molecule has 0 spiro atoms. The van der Waals surface area contributed by atoms with Gasteiger partial charge in [-0.15, -0.1) is 0 Å². The third-order valence-electron chi connectivity index (χ3n) is 1.83. The van der Waals surface area contributed by atoms with Crippen molar-refractivity contribution < 1.29 is 4.79 Å². The Bertz CT molecular complexity index is 134. The zero-order chi connectivity index (χ0) is 7.56. The van der Waals surface area contributed by atoms with Crippen molar-refractivity contribution in [2.24, 2.45) is 5.73 Å². The molecule has 1 heterocycles. The van der Waals surface area contributed by atoms with E-state index >= 15 is 0 Å². The van der Waals surface area contributed by atoms with Gasteiger partial charge < -0.3 is 10.6 Å². The quantitative estimate of drug-likeness (QED) is 0.588. The Morgan fingerprint density at radius 2 is 2.50 bits per heavy atom. The average Bonchev–Trinajstić information content (AvgIpc) is 2.20. The van der Waals surface area contributed by atoms with Crippen LogP contribution in [-0.4, -0.2) is 29.9 Å². The molecule has 1 saturated heterocycles. The van der Waals surface area contributed by atoms with E-state index in [1.54, 1.807) is 0 Å². The van der Waals surface area contributed by atoms with Crippen LogP contribution in [0.3, 0.4) is 0 Å². The maximum absolute atomic E-state index is 11.1. The lowest BCUT2D eigenvalue weighted by Gasteiger charge is -2.13. The number of hydrogen-bond acceptors (Lipinski definition) is 2. The molecule has 3 heteroatoms. The van der Waals surface area contributed by atoms with E-state index in [1.807, 2.05) is 4.90 Å². The maximum atomic E-state index is 11.1. The summed E-state index contributed by atoms with van der Waals surface area (Å²) in [6, 6.07) is -0.216. The highest BCUT2D eigenvalue weighted by Gasteiger charge is 2.27. The number of amides is 1. The van der Waals surface area contributed by atoms with Crippen LogP contribution in [0.15, 0.2) is 0 Å². The Hall–Kier alpha value is -0.570. The van der Waals surface area contributed by atoms with E-state index in [-0.39, 0.29) is 11.9 Å². The number of nitrogens with two attached hydrogens (primary N) is 1. The van der Waals surface area contributed by atoms with Gasteiger partial charge in [-0.05, 0) is 12.8 Å². The van der Waals surface area contributed by atoms with Gasteiger partial charge in [-0.2, -0.15) is 0 Å². The predicted octanol–water partition coefficient (Wildman–Crippen LogP) is -0.0440. The van der Waals surface area contributed by atoms with Crippen LogP contribution in [0.1, 0.15) is 19.8 Å². The predicted molar refractivity (Wildman–Crippen MR) is 39.5 cm³/mol. The van der Waals surface area contributed by atoms with E-state index in [9.17, 15) is 4.79 Å². The van der Waals surface area contributed by atoms with E-state index in [4.69, 9.17) is 5.73 Å². The topological polar surface area (TPSA) is 46.3 Å². The van der Waals surface area contributed by atoms with Gasteiger partial charge in [0.05, 0.1) is 6.04 Å². The van der Waals surface area contributed by atoms with Gasteiger partial charge in [0.2, 0.25) is 5.91 Å². The summed E-state index contributed by atoms with van der Waals surface area (Å²) in [4.78, 5) is 12.9. The van der Waals surface area contributed by atoms with Crippen molar-refractivity contribution in [1.82, 2.24) is 4.90 Å². The minimum absolute atomic E-state index is 0.127. The lowest BCUT2D eigenvalue weighted by atomic mass is 10.3. The van der Waals surface area contributed by atoms with Gasteiger partial charge in [-0.3, -0.25) is 4.79 Å². The molecule has 58 valence electrons. The molecule has 0 aromatic heterocycles. The van der Waals surface area contributed by atoms with E-state index in [0.29, 0.717) is 0 Å². The first kappa shape index (κ1) is 7.54. The number of likely N-dealkylation sites (tertiary alicyclic amines) is 1. The molecule has 3 nitrogen and oxygen atoms in total. The van der Waals surface area contributed by atoms with Crippen molar-refractivity contribution in [3.05, 3.63) is 0 Å². The van der Waals surface area contributed by atoms with E-state index in [1.165, 1.54) is 0 Å². The molecule has 0 aromatic carbocycles. The van der Waals surface area contributed by atoms with Crippen molar-refractivity contribution in [3.63, 3.8) is 0 Å². The van der Waals surface area contributed by atoms with Gasteiger partial charge in [0.1, 0.15) is 0 Å². The highest BCUT2D eigenvalue weighted by molar-refractivity contribution is 5.83. The summed E-state index contributed by atoms with van der Waals surface area (Å²) in [7, 11) is 0. The van der Waals surface area contributed by atoms with Gasteiger partial charge in [0, 0.05) is 13.1 Å². The van der Waals surface area contributed by atoms with Gasteiger partial charge >= 0.3 is 0 Å². The van der Waals surface area contributed by atoms with Crippen molar-refractivity contribution in [1.29, 1.82) is 0 Å². The third-order valence-corrected chi connectivity index (χ3v) is 1.83. The molecule has 0 aromatic rings. The van der Waals surface area contributed by atoms with Crippen LogP contribution in [0.25, 0.3) is 0 Å². The molecule has 1 rings (SSSR count). The van der Waals surface area contributed by atoms with Crippen LogP contribution in [0, 0.1) is 0 Å². The first-order chi connectivity index (χ1) is 4.75. The molecular weight excluding hydrogens is 128 g/mol. The Kier molecular flexibility index (Phi) is 2.27. The summed E-state index contributed by atoms with van der Waals surface area (Å²) in [5.74, 6) is 0.127. The second-order valence-electron chi connectivity index (χ2n) is 2.72. The summed E-state index contributed by atoms with van der Waals surface area (Å²) in [5.41, 5.74) is 5.51. The number of hydrogen-bond donors (Lipinski definition) is 1. The summed E-state index contributed by atoms with van der Waals surface area (Å²) < 4.78 is 0. The van der Waals surface area contributed by atoms with Gasteiger partial charge in [0.25, 0.3) is 0 Å². The van der Waals surface area contributed by atoms with Crippen LogP contribution in [-0.2, 0) is 4.79 Å². The number of carbonyl (C=O) groups excluding carboxylic acids is 1. The molecule has 0 saturated carbocycles. The maximum Gasteiger partial charge on any atom is 0.239 e. The molecule has 1 atom stereocenters. The molecule has 0 radical (unpaired) electrons. The molecule has 1 aliphatic heterocycles. The zero-order valence-electron chi connectivity index (χ0n) is 6.34. The normalized spacial score (nSPS) is 26.0. The van der Waals surface area contributed by atoms with Gasteiger partial charge in [-0.25, -0.2) is 0 Å². The molecule has 10 heavy (non-hydrogen) atoms. The fraction of sp³-hybridized carbons (Fsp3) is 0.857. The zero-order valence-corrected chi connectivity index (χ0v) is 6.34. The molecule has 1 fully saturated rings. The Balaban J connectivity index is 2.41. The summed E-state index contributed by atoms with van der Waals surface area (Å²) in [5, 5.41) is 0. The fourth-order valence-corrected chi connectivity index (χ4v) is 1.26. The molecule has 2 N–H and O–H groups in total. The second-order valence-corrected chi connectivity index (χ2v) is 2.72. The van der Waals surface area contributed by atoms with E-state index < -0.39 is 0 Å². The third kappa shape index (κ3) is 1.29. The van der Waals surface area contributed by atoms with Crippen molar-refractivity contribution in [3.8, 4) is 0 Å². The monoisotopic (exact) mass is 142 g/mol. The second kappa shape index (κ2) is 3.01. The molecular formula is C7H14N2O. The Labute approximate surface area is 61.2 Å². The molecule has 0 unspecified atom stereocenters. The van der Waals surface area contributed by atoms with Crippen LogP contribution in [0.4, 0.5) is 0 Å². The molecule has 1 aliphatic rings. The molecule has 1 amide bonds. The standard InChI is InChI=1S/C7H14N2O/c1-2-4-9-5-3-6(8)7(9)10/h6H,2-5,8H2,1H3/t6-/m0/s1. The van der Waals surface area contributed by atoms with Crippen molar-refractivity contribution in [2.45, 2.75) is 25.8 Å². The number of rotatable bonds is 2. The minimum atomic E-state index is -0.216. The van der Waals surface area contributed by atoms with Gasteiger partial charge in [0.15, 0.2) is 0 Å². The van der Waals surface area contributed by atoms with Crippen LogP contribution in [0.5, 0.6) is 0 Å². The number of nitrogens with zero attached hydrogens (tertiary/aromatic N) is 1. The lowest BCUT2D eigenvalue weighted by molar-refractivity contribution is -0.128. The average molecular weight is 142 g/mol. The van der Waals surface area contributed by atoms with E-state index in [0.717, 1.165) is 25.9 Å². The Morgan fingerprint density at radius 1 is 1.80 bits per heavy atom. The SMILES string of the molecule is CCCN1CC[C@H](N)C1=O. The van der Waals surface area contributed by atoms with Gasteiger partial charge in [-0.1, -0.05) is 6.92 Å². The molecule has 0 bridgehead atoms. The minimum Gasteiger partial charge on any atom is -0.341 e. The first-order valence-electron chi connectivity index (χ1n) is 3.80. The fourth-order valence-electron chi connectivity index (χ4n) is 1.26. The Morgan fingerprint density at radius 3 is 2.90 bits per heavy atom. The summed E-state index contributed by atoms with van der Waals surface area (Å²) in [6.45, 7) is 3.79. The van der Waals surface area contributed by atoms with Crippen molar-refractivity contribution in [2.75, 3.05) is 13.1 Å². The largest absolute Gasteiger partial charge is 0.341 e. The lowest BCUT2D eigenvalue weighted by Crippen LogP contribution is -2.34. The van der Waals surface area contributed by atoms with Crippen LogP contribution >= 0.6 is 0 Å². The smallest absolute Gasteiger partial charge is 0.239 e. The van der Waals surface area contributed by atoms with E-state index in [2.05, 4.69) is 6.92 Å². The number of carbonyl (C=O) groups is 1. The van der Waals surface area contributed by atoms with Crippen LogP contribution in [0.2, 0.25) is 0 Å². The van der Waals surface area contributed by atoms with Crippen molar-refractivity contribution >= 4 is 5.91 Å². The summed E-state index contributed by atoms with van der Waals surface area (Å²) in [6.07, 6.45) is 1.86.